The van der Waals surface area contributed by atoms with Gasteiger partial charge < -0.3 is 11.1 Å². The molecule has 0 aliphatic heterocycles. The van der Waals surface area contributed by atoms with Crippen molar-refractivity contribution < 1.29 is 0 Å². The molecule has 0 aliphatic carbocycles. The highest BCUT2D eigenvalue weighted by Gasteiger charge is 2.27. The van der Waals surface area contributed by atoms with Gasteiger partial charge in [-0.15, -0.1) is 5.10 Å². The average Bonchev–Trinajstić information content (AvgIpc) is 2.72. The lowest BCUT2D eigenvalue weighted by atomic mass is 9.89. The van der Waals surface area contributed by atoms with Crippen LogP contribution in [0, 0.1) is 12.8 Å². The Hall–Kier alpha value is -1.62. The van der Waals surface area contributed by atoms with Gasteiger partial charge in [-0.2, -0.15) is 4.98 Å². The van der Waals surface area contributed by atoms with Gasteiger partial charge in [-0.1, -0.05) is 19.9 Å². The van der Waals surface area contributed by atoms with Crippen molar-refractivity contribution in [3.05, 3.63) is 23.9 Å². The van der Waals surface area contributed by atoms with Crippen molar-refractivity contribution in [2.24, 2.45) is 11.7 Å². The van der Waals surface area contributed by atoms with Gasteiger partial charge in [0.25, 0.3) is 0 Å². The van der Waals surface area contributed by atoms with Crippen LogP contribution < -0.4 is 11.1 Å². The number of hydrogen-bond donors (Lipinski definition) is 2. The van der Waals surface area contributed by atoms with E-state index in [0.29, 0.717) is 18.4 Å². The van der Waals surface area contributed by atoms with Crippen LogP contribution >= 0.6 is 0 Å². The van der Waals surface area contributed by atoms with E-state index in [1.807, 2.05) is 29.6 Å². The quantitative estimate of drug-likeness (QED) is 0.864. The number of nitrogens with one attached hydrogen (secondary N) is 1. The van der Waals surface area contributed by atoms with Gasteiger partial charge >= 0.3 is 0 Å². The number of aryl methyl sites for hydroxylation is 1. The predicted octanol–water partition coefficient (Wildman–Crippen LogP) is 1.82. The van der Waals surface area contributed by atoms with E-state index in [1.165, 1.54) is 0 Å². The number of hydrogen-bond acceptors (Lipinski definition) is 4. The van der Waals surface area contributed by atoms with Gasteiger partial charge in [-0.3, -0.25) is 0 Å². The molecule has 1 unspecified atom stereocenters. The Balaban J connectivity index is 2.35. The fourth-order valence-electron chi connectivity index (χ4n) is 1.78. The Labute approximate surface area is 107 Å². The number of nitrogens with zero attached hydrogens (tertiary/aromatic N) is 3. The van der Waals surface area contributed by atoms with E-state index < -0.39 is 0 Å². The first kappa shape index (κ1) is 12.8. The molecule has 0 aliphatic rings. The zero-order valence-corrected chi connectivity index (χ0v) is 11.4. The number of fused-ring (bicyclic) bond motifs is 1. The number of nitrogens with two attached hydrogens (primary N) is 1. The molecule has 2 aromatic heterocycles. The van der Waals surface area contributed by atoms with Crippen LogP contribution in [0.4, 0.5) is 5.95 Å². The van der Waals surface area contributed by atoms with E-state index in [9.17, 15) is 0 Å². The molecule has 0 saturated heterocycles. The molecule has 5 heteroatoms. The lowest BCUT2D eigenvalue weighted by molar-refractivity contribution is 0.380. The van der Waals surface area contributed by atoms with E-state index in [0.717, 1.165) is 11.3 Å². The third-order valence-corrected chi connectivity index (χ3v) is 3.64. The SMILES string of the molecule is Cc1cccc2nc(NC(C)(CN)C(C)C)nn12. The van der Waals surface area contributed by atoms with E-state index in [4.69, 9.17) is 5.73 Å². The maximum Gasteiger partial charge on any atom is 0.243 e. The molecule has 0 saturated carbocycles. The van der Waals surface area contributed by atoms with Crippen molar-refractivity contribution in [1.82, 2.24) is 14.6 Å². The second-order valence-corrected chi connectivity index (χ2v) is 5.27. The Morgan fingerprint density at radius 3 is 2.72 bits per heavy atom. The molecular weight excluding hydrogens is 226 g/mol. The summed E-state index contributed by atoms with van der Waals surface area (Å²) in [7, 11) is 0. The number of pyridine rings is 1. The molecule has 0 bridgehead atoms. The summed E-state index contributed by atoms with van der Waals surface area (Å²) in [5.74, 6) is 1.03. The molecule has 2 heterocycles. The molecule has 0 fully saturated rings. The highest BCUT2D eigenvalue weighted by atomic mass is 15.4. The molecule has 1 atom stereocenters. The van der Waals surface area contributed by atoms with Crippen LogP contribution in [-0.4, -0.2) is 26.7 Å². The topological polar surface area (TPSA) is 68.2 Å². The first-order chi connectivity index (χ1) is 8.46. The van der Waals surface area contributed by atoms with Crippen LogP contribution in [0.25, 0.3) is 5.65 Å². The third-order valence-electron chi connectivity index (χ3n) is 3.64. The summed E-state index contributed by atoms with van der Waals surface area (Å²) in [6.45, 7) is 8.92. The fourth-order valence-corrected chi connectivity index (χ4v) is 1.78. The zero-order valence-electron chi connectivity index (χ0n) is 11.4. The number of rotatable bonds is 4. The average molecular weight is 247 g/mol. The lowest BCUT2D eigenvalue weighted by Crippen LogP contribution is -2.47. The largest absolute Gasteiger partial charge is 0.346 e. The molecule has 0 radical (unpaired) electrons. The van der Waals surface area contributed by atoms with Gasteiger partial charge in [0.05, 0.1) is 5.54 Å². The second kappa shape index (κ2) is 4.57. The van der Waals surface area contributed by atoms with Gasteiger partial charge in [0, 0.05) is 12.2 Å². The monoisotopic (exact) mass is 247 g/mol. The summed E-state index contributed by atoms with van der Waals surface area (Å²) < 4.78 is 1.83. The first-order valence-electron chi connectivity index (χ1n) is 6.27. The van der Waals surface area contributed by atoms with Crippen molar-refractivity contribution in [3.8, 4) is 0 Å². The van der Waals surface area contributed by atoms with Gasteiger partial charge in [-0.05, 0) is 31.9 Å². The van der Waals surface area contributed by atoms with Crippen LogP contribution in [0.15, 0.2) is 18.2 Å². The van der Waals surface area contributed by atoms with Gasteiger partial charge in [0.1, 0.15) is 0 Å². The first-order valence-corrected chi connectivity index (χ1v) is 6.27. The second-order valence-electron chi connectivity index (χ2n) is 5.27. The van der Waals surface area contributed by atoms with Crippen LogP contribution in [0.3, 0.4) is 0 Å². The third kappa shape index (κ3) is 2.18. The van der Waals surface area contributed by atoms with E-state index >= 15 is 0 Å². The van der Waals surface area contributed by atoms with Crippen LogP contribution in [0.2, 0.25) is 0 Å². The predicted molar refractivity (Wildman–Crippen MR) is 73.6 cm³/mol. The highest BCUT2D eigenvalue weighted by Crippen LogP contribution is 2.20. The minimum Gasteiger partial charge on any atom is -0.346 e. The summed E-state index contributed by atoms with van der Waals surface area (Å²) >= 11 is 0. The van der Waals surface area contributed by atoms with Crippen LogP contribution in [0.1, 0.15) is 26.5 Å². The fraction of sp³-hybridized carbons (Fsp3) is 0.538. The maximum atomic E-state index is 5.86. The van der Waals surface area contributed by atoms with Gasteiger partial charge in [-0.25, -0.2) is 4.52 Å². The minimum absolute atomic E-state index is 0.196. The van der Waals surface area contributed by atoms with Gasteiger partial charge in [0.2, 0.25) is 5.95 Å². The lowest BCUT2D eigenvalue weighted by Gasteiger charge is -2.32. The molecule has 0 aromatic carbocycles. The minimum atomic E-state index is -0.196. The molecule has 2 aromatic rings. The summed E-state index contributed by atoms with van der Waals surface area (Å²) in [6, 6.07) is 5.93. The van der Waals surface area contributed by atoms with E-state index in [-0.39, 0.29) is 5.54 Å². The Morgan fingerprint density at radius 2 is 2.17 bits per heavy atom. The summed E-state index contributed by atoms with van der Waals surface area (Å²) in [6.07, 6.45) is 0. The number of anilines is 1. The number of aromatic nitrogens is 3. The summed E-state index contributed by atoms with van der Waals surface area (Å²) in [4.78, 5) is 4.47. The smallest absolute Gasteiger partial charge is 0.243 e. The van der Waals surface area contributed by atoms with Crippen molar-refractivity contribution in [2.45, 2.75) is 33.2 Å². The van der Waals surface area contributed by atoms with Gasteiger partial charge in [0.15, 0.2) is 5.65 Å². The molecule has 0 spiro atoms. The molecule has 18 heavy (non-hydrogen) atoms. The zero-order chi connectivity index (χ0) is 13.3. The molecular formula is C13H21N5. The summed E-state index contributed by atoms with van der Waals surface area (Å²) in [5.41, 5.74) is 7.57. The Morgan fingerprint density at radius 1 is 1.44 bits per heavy atom. The summed E-state index contributed by atoms with van der Waals surface area (Å²) in [5, 5.41) is 7.82. The Kier molecular flexibility index (Phi) is 3.26. The van der Waals surface area contributed by atoms with E-state index in [1.54, 1.807) is 0 Å². The van der Waals surface area contributed by atoms with Crippen LogP contribution in [0.5, 0.6) is 0 Å². The standard InChI is InChI=1S/C13H21N5/c1-9(2)13(4,8-14)16-12-15-11-7-5-6-10(3)18(11)17-12/h5-7,9H,8,14H2,1-4H3,(H,16,17). The van der Waals surface area contributed by atoms with E-state index in [2.05, 4.69) is 36.2 Å². The molecule has 3 N–H and O–H groups in total. The van der Waals surface area contributed by atoms with Crippen LogP contribution in [-0.2, 0) is 0 Å². The van der Waals surface area contributed by atoms with Crippen molar-refractivity contribution >= 4 is 11.6 Å². The molecule has 5 nitrogen and oxygen atoms in total. The Bertz CT molecular complexity index is 545. The van der Waals surface area contributed by atoms with Crippen molar-refractivity contribution in [2.75, 3.05) is 11.9 Å². The normalized spacial score (nSPS) is 15.0. The molecule has 2 rings (SSSR count). The molecule has 0 amide bonds. The molecule has 98 valence electrons. The van der Waals surface area contributed by atoms with Crippen molar-refractivity contribution in [3.63, 3.8) is 0 Å². The van der Waals surface area contributed by atoms with Crippen molar-refractivity contribution in [1.29, 1.82) is 0 Å². The highest BCUT2D eigenvalue weighted by molar-refractivity contribution is 5.45. The maximum absolute atomic E-state index is 5.86.